The molecule has 0 aliphatic rings. The molecule has 2 unspecified atom stereocenters. The number of amides is 3. The van der Waals surface area contributed by atoms with Gasteiger partial charge in [0.15, 0.2) is 0 Å². The maximum atomic E-state index is 14.1. The van der Waals surface area contributed by atoms with Gasteiger partial charge in [0.25, 0.3) is 0 Å². The van der Waals surface area contributed by atoms with Crippen LogP contribution in [0.15, 0.2) is 60.7 Å². The smallest absolute Gasteiger partial charge is 0.408 e. The summed E-state index contributed by atoms with van der Waals surface area (Å²) in [5.74, 6) is -0.890. The van der Waals surface area contributed by atoms with Crippen LogP contribution in [0.4, 0.5) is 4.79 Å². The van der Waals surface area contributed by atoms with Crippen molar-refractivity contribution in [1.29, 1.82) is 0 Å². The van der Waals surface area contributed by atoms with E-state index in [0.29, 0.717) is 12.1 Å². The summed E-state index contributed by atoms with van der Waals surface area (Å²) in [7, 11) is 0. The first-order valence-corrected chi connectivity index (χ1v) is 12.4. The molecular formula is C29H41N3O4. The molecule has 0 radical (unpaired) electrons. The molecule has 0 aliphatic carbocycles. The predicted molar refractivity (Wildman–Crippen MR) is 142 cm³/mol. The molecule has 0 spiro atoms. The number of benzene rings is 2. The zero-order valence-corrected chi connectivity index (χ0v) is 22.8. The van der Waals surface area contributed by atoms with Crippen molar-refractivity contribution in [3.63, 3.8) is 0 Å². The van der Waals surface area contributed by atoms with Crippen LogP contribution in [0.25, 0.3) is 0 Å². The molecule has 0 bridgehead atoms. The van der Waals surface area contributed by atoms with Crippen LogP contribution in [-0.2, 0) is 20.9 Å². The van der Waals surface area contributed by atoms with Gasteiger partial charge in [0.05, 0.1) is 0 Å². The molecule has 2 atom stereocenters. The van der Waals surface area contributed by atoms with Crippen LogP contribution >= 0.6 is 0 Å². The monoisotopic (exact) mass is 495 g/mol. The first-order chi connectivity index (χ1) is 16.7. The maximum Gasteiger partial charge on any atom is 0.408 e. The topological polar surface area (TPSA) is 87.7 Å². The summed E-state index contributed by atoms with van der Waals surface area (Å²) in [5.41, 5.74) is 0.205. The van der Waals surface area contributed by atoms with Crippen molar-refractivity contribution in [2.45, 2.75) is 85.2 Å². The predicted octanol–water partition coefficient (Wildman–Crippen LogP) is 5.22. The molecule has 0 heterocycles. The lowest BCUT2D eigenvalue weighted by Crippen LogP contribution is -2.59. The minimum Gasteiger partial charge on any atom is -0.444 e. The fourth-order valence-electron chi connectivity index (χ4n) is 3.88. The lowest BCUT2D eigenvalue weighted by Gasteiger charge is -2.43. The van der Waals surface area contributed by atoms with E-state index in [9.17, 15) is 14.4 Å². The van der Waals surface area contributed by atoms with E-state index in [1.165, 1.54) is 0 Å². The number of carbonyl (C=O) groups excluding carboxylic acids is 3. The van der Waals surface area contributed by atoms with Gasteiger partial charge in [-0.05, 0) is 58.6 Å². The van der Waals surface area contributed by atoms with E-state index in [1.807, 2.05) is 95.3 Å². The number of carbonyl (C=O) groups is 3. The van der Waals surface area contributed by atoms with E-state index in [2.05, 4.69) is 10.6 Å². The summed E-state index contributed by atoms with van der Waals surface area (Å²) in [5, 5.41) is 5.74. The number of ether oxygens (including phenoxy) is 1. The number of nitrogens with zero attached hydrogens (tertiary/aromatic N) is 1. The van der Waals surface area contributed by atoms with Gasteiger partial charge in [0.1, 0.15) is 17.7 Å². The fraction of sp³-hybridized carbons (Fsp3) is 0.483. The molecule has 0 aromatic heterocycles. The van der Waals surface area contributed by atoms with Gasteiger partial charge in [0, 0.05) is 12.1 Å². The molecular weight excluding hydrogens is 454 g/mol. The summed E-state index contributed by atoms with van der Waals surface area (Å²) in [6, 6.07) is 17.1. The second-order valence-corrected chi connectivity index (χ2v) is 11.3. The Bertz CT molecular complexity index is 1010. The third-order valence-corrected chi connectivity index (χ3v) is 5.50. The van der Waals surface area contributed by atoms with Crippen LogP contribution in [0, 0.1) is 5.92 Å². The molecule has 0 aliphatic heterocycles. The van der Waals surface area contributed by atoms with E-state index < -0.39 is 29.3 Å². The van der Waals surface area contributed by atoms with Gasteiger partial charge in [-0.2, -0.15) is 0 Å². The van der Waals surface area contributed by atoms with Gasteiger partial charge in [-0.3, -0.25) is 9.59 Å². The molecule has 0 fully saturated rings. The van der Waals surface area contributed by atoms with Crippen molar-refractivity contribution in [2.24, 2.45) is 5.92 Å². The van der Waals surface area contributed by atoms with E-state index in [1.54, 1.807) is 25.7 Å². The number of hydrogen-bond acceptors (Lipinski definition) is 4. The summed E-state index contributed by atoms with van der Waals surface area (Å²) in [4.78, 5) is 42.0. The van der Waals surface area contributed by atoms with Crippen molar-refractivity contribution in [3.8, 4) is 0 Å². The van der Waals surface area contributed by atoms with E-state index in [0.717, 1.165) is 5.56 Å². The Balaban J connectivity index is 2.45. The van der Waals surface area contributed by atoms with Gasteiger partial charge in [-0.1, -0.05) is 74.5 Å². The number of nitrogens with one attached hydrogen (secondary N) is 2. The van der Waals surface area contributed by atoms with Crippen molar-refractivity contribution < 1.29 is 19.1 Å². The molecule has 7 nitrogen and oxygen atoms in total. The number of hydrogen-bond donors (Lipinski definition) is 2. The Morgan fingerprint density at radius 2 is 1.39 bits per heavy atom. The minimum absolute atomic E-state index is 0.237. The van der Waals surface area contributed by atoms with Crippen LogP contribution in [0.3, 0.4) is 0 Å². The van der Waals surface area contributed by atoms with Crippen molar-refractivity contribution in [3.05, 3.63) is 71.8 Å². The molecule has 196 valence electrons. The second-order valence-electron chi connectivity index (χ2n) is 11.3. The van der Waals surface area contributed by atoms with Gasteiger partial charge < -0.3 is 20.3 Å². The highest BCUT2D eigenvalue weighted by Gasteiger charge is 2.42. The van der Waals surface area contributed by atoms with E-state index in [4.69, 9.17) is 4.74 Å². The van der Waals surface area contributed by atoms with E-state index in [-0.39, 0.29) is 17.7 Å². The van der Waals surface area contributed by atoms with Crippen LogP contribution in [0.1, 0.15) is 72.6 Å². The highest BCUT2D eigenvalue weighted by atomic mass is 16.6. The van der Waals surface area contributed by atoms with Crippen LogP contribution in [0.2, 0.25) is 0 Å². The standard InChI is InChI=1S/C29H41N3O4/c1-20(2)23(31-27(35)36-29(6,7)8)26(34)32(28(3,4)5)24(22-17-13-10-14-18-22)25(33)30-19-21-15-11-9-12-16-21/h9-18,20,23-24H,19H2,1-8H3,(H,30,33)(H,31,35). The molecule has 7 heteroatoms. The average molecular weight is 496 g/mol. The number of rotatable bonds is 8. The van der Waals surface area contributed by atoms with Crippen LogP contribution < -0.4 is 10.6 Å². The highest BCUT2D eigenvalue weighted by molar-refractivity contribution is 5.92. The van der Waals surface area contributed by atoms with E-state index >= 15 is 0 Å². The van der Waals surface area contributed by atoms with Crippen molar-refractivity contribution >= 4 is 17.9 Å². The molecule has 3 amide bonds. The molecule has 0 saturated heterocycles. The molecule has 2 rings (SSSR count). The minimum atomic E-state index is -0.899. The van der Waals surface area contributed by atoms with Gasteiger partial charge in [0.2, 0.25) is 11.8 Å². The average Bonchev–Trinajstić information content (AvgIpc) is 2.78. The largest absolute Gasteiger partial charge is 0.444 e. The molecule has 2 aromatic carbocycles. The Kier molecular flexibility index (Phi) is 9.68. The maximum absolute atomic E-state index is 14.1. The molecule has 2 N–H and O–H groups in total. The summed E-state index contributed by atoms with van der Waals surface area (Å²) >= 11 is 0. The van der Waals surface area contributed by atoms with Gasteiger partial charge in [-0.15, -0.1) is 0 Å². The van der Waals surface area contributed by atoms with Gasteiger partial charge in [-0.25, -0.2) is 4.79 Å². The summed E-state index contributed by atoms with van der Waals surface area (Å²) < 4.78 is 5.41. The third kappa shape index (κ3) is 8.40. The normalized spacial score (nSPS) is 13.5. The Labute approximate surface area is 215 Å². The zero-order chi connectivity index (χ0) is 27.1. The first-order valence-electron chi connectivity index (χ1n) is 12.4. The fourth-order valence-corrected chi connectivity index (χ4v) is 3.88. The first kappa shape index (κ1) is 28.9. The van der Waals surface area contributed by atoms with Crippen LogP contribution in [0.5, 0.6) is 0 Å². The molecule has 2 aromatic rings. The molecule has 36 heavy (non-hydrogen) atoms. The summed E-state index contributed by atoms with van der Waals surface area (Å²) in [6.07, 6.45) is -0.673. The quantitative estimate of drug-likeness (QED) is 0.526. The third-order valence-electron chi connectivity index (χ3n) is 5.50. The molecule has 0 saturated carbocycles. The van der Waals surface area contributed by atoms with Gasteiger partial charge >= 0.3 is 6.09 Å². The zero-order valence-electron chi connectivity index (χ0n) is 22.8. The lowest BCUT2D eigenvalue weighted by atomic mass is 9.93. The Morgan fingerprint density at radius 3 is 1.86 bits per heavy atom. The Morgan fingerprint density at radius 1 is 0.861 bits per heavy atom. The lowest BCUT2D eigenvalue weighted by molar-refractivity contribution is -0.149. The van der Waals surface area contributed by atoms with Crippen molar-refractivity contribution in [2.75, 3.05) is 0 Å². The Hall–Kier alpha value is -3.35. The second kappa shape index (κ2) is 12.1. The number of alkyl carbamates (subject to hydrolysis) is 1. The van der Waals surface area contributed by atoms with Crippen molar-refractivity contribution in [1.82, 2.24) is 15.5 Å². The van der Waals surface area contributed by atoms with Crippen LogP contribution in [-0.4, -0.2) is 40.0 Å². The highest BCUT2D eigenvalue weighted by Crippen LogP contribution is 2.31. The summed E-state index contributed by atoms with van der Waals surface area (Å²) in [6.45, 7) is 15.0. The SMILES string of the molecule is CC(C)C(NC(=O)OC(C)(C)C)C(=O)N(C(C(=O)NCc1ccccc1)c1ccccc1)C(C)(C)C.